The smallest absolute Gasteiger partial charge is 0.416 e. The summed E-state index contributed by atoms with van der Waals surface area (Å²) in [7, 11) is 0. The summed E-state index contributed by atoms with van der Waals surface area (Å²) in [6.45, 7) is 4.51. The van der Waals surface area contributed by atoms with E-state index in [0.29, 0.717) is 39.6 Å². The maximum Gasteiger partial charge on any atom is 0.416 e. The molecule has 3 nitrogen and oxygen atoms in total. The van der Waals surface area contributed by atoms with Gasteiger partial charge in [-0.05, 0) is 47.9 Å². The molecule has 1 N–H and O–H groups in total. The Balaban J connectivity index is 2.04. The van der Waals surface area contributed by atoms with Crippen LogP contribution in [-0.2, 0) is 6.18 Å². The van der Waals surface area contributed by atoms with Crippen molar-refractivity contribution in [3.05, 3.63) is 57.6 Å². The number of nitrogens with one attached hydrogen (secondary N) is 1. The maximum absolute atomic E-state index is 12.5. The average Bonchev–Trinajstić information content (AvgIpc) is 2.53. The molecule has 0 radical (unpaired) electrons. The number of rotatable bonds is 6. The second-order valence-electron chi connectivity index (χ2n) is 5.96. The molecule has 0 aliphatic heterocycles. The van der Waals surface area contributed by atoms with E-state index >= 15 is 0 Å². The van der Waals surface area contributed by atoms with Gasteiger partial charge in [0.1, 0.15) is 0 Å². The van der Waals surface area contributed by atoms with Crippen LogP contribution < -0.4 is 10.2 Å². The standard InChI is InChI=1S/C18H17Cl2F3N2O/c1-11(2)10-26-17-15(19)7-12(8-16(17)20)9-24-25-14-5-3-13(4-6-14)18(21,22)23/h3-9,11,25H,10H2,1-2H3. The molecular weight excluding hydrogens is 388 g/mol. The molecule has 0 atom stereocenters. The number of ether oxygens (including phenoxy) is 1. The minimum absolute atomic E-state index is 0.330. The number of nitrogens with zero attached hydrogens (tertiary/aromatic N) is 1. The van der Waals surface area contributed by atoms with Gasteiger partial charge in [0.15, 0.2) is 5.75 Å². The summed E-state index contributed by atoms with van der Waals surface area (Å²) in [5.74, 6) is 0.742. The topological polar surface area (TPSA) is 33.6 Å². The van der Waals surface area contributed by atoms with Gasteiger partial charge in [0.2, 0.25) is 0 Å². The van der Waals surface area contributed by atoms with E-state index in [2.05, 4.69) is 10.5 Å². The lowest BCUT2D eigenvalue weighted by atomic mass is 10.2. The highest BCUT2D eigenvalue weighted by atomic mass is 35.5. The van der Waals surface area contributed by atoms with Crippen molar-refractivity contribution in [2.24, 2.45) is 11.0 Å². The van der Waals surface area contributed by atoms with E-state index in [1.54, 1.807) is 12.1 Å². The van der Waals surface area contributed by atoms with Crippen LogP contribution in [0.3, 0.4) is 0 Å². The van der Waals surface area contributed by atoms with E-state index in [0.717, 1.165) is 12.1 Å². The summed E-state index contributed by atoms with van der Waals surface area (Å²) in [6, 6.07) is 7.83. The van der Waals surface area contributed by atoms with E-state index < -0.39 is 11.7 Å². The van der Waals surface area contributed by atoms with Crippen LogP contribution in [0, 0.1) is 5.92 Å². The Bertz CT molecular complexity index is 752. The van der Waals surface area contributed by atoms with Crippen LogP contribution in [0.5, 0.6) is 5.75 Å². The summed E-state index contributed by atoms with van der Waals surface area (Å²) < 4.78 is 43.1. The number of benzene rings is 2. The van der Waals surface area contributed by atoms with Gasteiger partial charge < -0.3 is 4.74 Å². The van der Waals surface area contributed by atoms with Crippen LogP contribution >= 0.6 is 23.2 Å². The molecule has 0 fully saturated rings. The molecule has 0 spiro atoms. The van der Waals surface area contributed by atoms with Gasteiger partial charge in [-0.3, -0.25) is 5.43 Å². The fourth-order valence-corrected chi connectivity index (χ4v) is 2.57. The lowest BCUT2D eigenvalue weighted by Gasteiger charge is -2.12. The third kappa shape index (κ3) is 5.81. The lowest BCUT2D eigenvalue weighted by Crippen LogP contribution is -2.05. The van der Waals surface area contributed by atoms with Gasteiger partial charge in [0, 0.05) is 0 Å². The maximum atomic E-state index is 12.5. The zero-order valence-corrected chi connectivity index (χ0v) is 15.6. The summed E-state index contributed by atoms with van der Waals surface area (Å²) in [6.07, 6.45) is -2.91. The van der Waals surface area contributed by atoms with E-state index in [1.165, 1.54) is 18.3 Å². The first-order valence-corrected chi connectivity index (χ1v) is 8.50. The number of halogens is 5. The Kier molecular flexibility index (Phi) is 6.78. The van der Waals surface area contributed by atoms with Crippen LogP contribution in [0.15, 0.2) is 41.5 Å². The lowest BCUT2D eigenvalue weighted by molar-refractivity contribution is -0.137. The SMILES string of the molecule is CC(C)COc1c(Cl)cc(C=NNc2ccc(C(F)(F)F)cc2)cc1Cl. The largest absolute Gasteiger partial charge is 0.490 e. The molecule has 0 aromatic heterocycles. The van der Waals surface area contributed by atoms with Gasteiger partial charge in [0.05, 0.1) is 34.1 Å². The summed E-state index contributed by atoms with van der Waals surface area (Å²) in [5.41, 5.74) is 2.97. The molecular formula is C18H17Cl2F3N2O. The van der Waals surface area contributed by atoms with Gasteiger partial charge in [-0.1, -0.05) is 37.0 Å². The quantitative estimate of drug-likeness (QED) is 0.440. The number of hydrogen-bond donors (Lipinski definition) is 1. The van der Waals surface area contributed by atoms with Crippen LogP contribution in [0.2, 0.25) is 10.0 Å². The summed E-state index contributed by atoms with van der Waals surface area (Å²) >= 11 is 12.4. The fourth-order valence-electron chi connectivity index (χ4n) is 1.96. The first-order valence-electron chi connectivity index (χ1n) is 7.75. The number of anilines is 1. The molecule has 2 rings (SSSR count). The van der Waals surface area contributed by atoms with E-state index in [4.69, 9.17) is 27.9 Å². The van der Waals surface area contributed by atoms with Crippen molar-refractivity contribution in [1.29, 1.82) is 0 Å². The second-order valence-corrected chi connectivity index (χ2v) is 6.78. The minimum atomic E-state index is -4.37. The van der Waals surface area contributed by atoms with Crippen LogP contribution in [0.25, 0.3) is 0 Å². The van der Waals surface area contributed by atoms with Crippen molar-refractivity contribution < 1.29 is 17.9 Å². The van der Waals surface area contributed by atoms with E-state index in [9.17, 15) is 13.2 Å². The van der Waals surface area contributed by atoms with E-state index in [-0.39, 0.29) is 0 Å². The zero-order chi connectivity index (χ0) is 19.3. The van der Waals surface area contributed by atoms with Gasteiger partial charge >= 0.3 is 6.18 Å². The predicted molar refractivity (Wildman–Crippen MR) is 99.5 cm³/mol. The Labute approximate surface area is 159 Å². The monoisotopic (exact) mass is 404 g/mol. The Morgan fingerprint density at radius 2 is 1.69 bits per heavy atom. The molecule has 0 saturated heterocycles. The second kappa shape index (κ2) is 8.64. The van der Waals surface area contributed by atoms with Crippen molar-refractivity contribution >= 4 is 35.1 Å². The molecule has 0 saturated carbocycles. The van der Waals surface area contributed by atoms with Crippen molar-refractivity contribution in [1.82, 2.24) is 0 Å². The van der Waals surface area contributed by atoms with E-state index in [1.807, 2.05) is 13.8 Å². The highest BCUT2D eigenvalue weighted by molar-refractivity contribution is 6.37. The highest BCUT2D eigenvalue weighted by Gasteiger charge is 2.29. The third-order valence-electron chi connectivity index (χ3n) is 3.20. The zero-order valence-electron chi connectivity index (χ0n) is 14.1. The third-order valence-corrected chi connectivity index (χ3v) is 3.76. The Morgan fingerprint density at radius 3 is 2.19 bits per heavy atom. The molecule has 0 bridgehead atoms. The number of hydrazone groups is 1. The summed E-state index contributed by atoms with van der Waals surface area (Å²) in [5, 5.41) is 4.69. The first-order chi connectivity index (χ1) is 12.2. The van der Waals surface area contributed by atoms with Gasteiger partial charge in [-0.2, -0.15) is 18.3 Å². The molecule has 0 aliphatic carbocycles. The first kappa shape index (κ1) is 20.4. The normalized spacial score (nSPS) is 12.0. The molecule has 2 aromatic rings. The Morgan fingerprint density at radius 1 is 1.12 bits per heavy atom. The van der Waals surface area contributed by atoms with Crippen molar-refractivity contribution in [3.63, 3.8) is 0 Å². The van der Waals surface area contributed by atoms with Crippen molar-refractivity contribution in [3.8, 4) is 5.75 Å². The van der Waals surface area contributed by atoms with Crippen molar-refractivity contribution in [2.45, 2.75) is 20.0 Å². The molecule has 0 heterocycles. The van der Waals surface area contributed by atoms with Crippen molar-refractivity contribution in [2.75, 3.05) is 12.0 Å². The Hall–Kier alpha value is -1.92. The molecule has 0 amide bonds. The molecule has 26 heavy (non-hydrogen) atoms. The molecule has 140 valence electrons. The van der Waals surface area contributed by atoms with Crippen LogP contribution in [0.1, 0.15) is 25.0 Å². The van der Waals surface area contributed by atoms with Crippen LogP contribution in [0.4, 0.5) is 18.9 Å². The van der Waals surface area contributed by atoms with Gasteiger partial charge in [0.25, 0.3) is 0 Å². The predicted octanol–water partition coefficient (Wildman–Crippen LogP) is 6.49. The fraction of sp³-hybridized carbons (Fsp3) is 0.278. The van der Waals surface area contributed by atoms with Gasteiger partial charge in [-0.25, -0.2) is 0 Å². The van der Waals surface area contributed by atoms with Crippen LogP contribution in [-0.4, -0.2) is 12.8 Å². The number of alkyl halides is 3. The summed E-state index contributed by atoms with van der Waals surface area (Å²) in [4.78, 5) is 0. The molecule has 8 heteroatoms. The highest BCUT2D eigenvalue weighted by Crippen LogP contribution is 2.34. The molecule has 0 aliphatic rings. The molecule has 2 aromatic carbocycles. The van der Waals surface area contributed by atoms with Gasteiger partial charge in [-0.15, -0.1) is 0 Å². The minimum Gasteiger partial charge on any atom is -0.490 e. The average molecular weight is 405 g/mol. The number of hydrogen-bond acceptors (Lipinski definition) is 3. The molecule has 0 unspecified atom stereocenters.